The maximum atomic E-state index is 12.4. The van der Waals surface area contributed by atoms with Crippen LogP contribution in [0.25, 0.3) is 0 Å². The van der Waals surface area contributed by atoms with E-state index in [1.54, 1.807) is 18.2 Å². The van der Waals surface area contributed by atoms with Crippen LogP contribution in [0.5, 0.6) is 0 Å². The number of anilines is 1. The van der Waals surface area contributed by atoms with E-state index in [4.69, 9.17) is 0 Å². The van der Waals surface area contributed by atoms with Crippen molar-refractivity contribution in [3.8, 4) is 0 Å². The molecule has 1 aliphatic rings. The minimum Gasteiger partial charge on any atom is -0.376 e. The molecule has 0 radical (unpaired) electrons. The predicted octanol–water partition coefficient (Wildman–Crippen LogP) is 2.79. The monoisotopic (exact) mass is 422 g/mol. The van der Waals surface area contributed by atoms with E-state index in [-0.39, 0.29) is 24.3 Å². The summed E-state index contributed by atoms with van der Waals surface area (Å²) in [6.45, 7) is 4.78. The molecular formula is C24H30N4O3. The topological polar surface area (TPSA) is 90.5 Å². The van der Waals surface area contributed by atoms with Gasteiger partial charge in [-0.1, -0.05) is 25.1 Å². The van der Waals surface area contributed by atoms with Crippen LogP contribution in [0.3, 0.4) is 0 Å². The summed E-state index contributed by atoms with van der Waals surface area (Å²) >= 11 is 0. The molecular weight excluding hydrogens is 392 g/mol. The fraction of sp³-hybridized carbons (Fsp3) is 0.375. The third kappa shape index (κ3) is 6.57. The number of carbonyl (C=O) groups is 3. The molecule has 1 saturated heterocycles. The van der Waals surface area contributed by atoms with E-state index in [0.717, 1.165) is 37.9 Å². The molecule has 3 amide bonds. The lowest BCUT2D eigenvalue weighted by molar-refractivity contribution is -0.119. The predicted molar refractivity (Wildman–Crippen MR) is 121 cm³/mol. The first kappa shape index (κ1) is 22.3. The number of nitrogens with zero attached hydrogens (tertiary/aromatic N) is 1. The van der Waals surface area contributed by atoms with Crippen LogP contribution in [0.1, 0.15) is 52.5 Å². The van der Waals surface area contributed by atoms with Gasteiger partial charge in [0.1, 0.15) is 0 Å². The van der Waals surface area contributed by atoms with E-state index >= 15 is 0 Å². The second-order valence-corrected chi connectivity index (χ2v) is 7.66. The van der Waals surface area contributed by atoms with Gasteiger partial charge in [-0.2, -0.15) is 0 Å². The van der Waals surface area contributed by atoms with Gasteiger partial charge in [0.25, 0.3) is 11.8 Å². The Morgan fingerprint density at radius 3 is 2.39 bits per heavy atom. The van der Waals surface area contributed by atoms with Crippen LogP contribution in [0, 0.1) is 0 Å². The van der Waals surface area contributed by atoms with Crippen LogP contribution < -0.4 is 16.0 Å². The molecule has 0 aliphatic carbocycles. The van der Waals surface area contributed by atoms with Gasteiger partial charge in [-0.15, -0.1) is 0 Å². The second kappa shape index (κ2) is 11.2. The number of nitrogens with one attached hydrogen (secondary N) is 3. The Morgan fingerprint density at radius 2 is 1.68 bits per heavy atom. The van der Waals surface area contributed by atoms with Crippen molar-refractivity contribution in [2.45, 2.75) is 32.7 Å². The molecule has 1 fully saturated rings. The molecule has 0 bridgehead atoms. The van der Waals surface area contributed by atoms with Crippen LogP contribution in [-0.4, -0.2) is 48.8 Å². The third-order valence-electron chi connectivity index (χ3n) is 5.20. The first-order valence-electron chi connectivity index (χ1n) is 10.8. The Balaban J connectivity index is 1.44. The molecule has 0 saturated carbocycles. The van der Waals surface area contributed by atoms with Gasteiger partial charge in [0, 0.05) is 43.0 Å². The SMILES string of the molecule is CCCNC(=O)c1cccc(NCC(=O)NCc2ccc(C(=O)N3CCCC3)cc2)c1. The zero-order chi connectivity index (χ0) is 22.1. The van der Waals surface area contributed by atoms with E-state index in [1.807, 2.05) is 42.2 Å². The van der Waals surface area contributed by atoms with Crippen LogP contribution >= 0.6 is 0 Å². The summed E-state index contributed by atoms with van der Waals surface area (Å²) in [4.78, 5) is 38.5. The maximum absolute atomic E-state index is 12.4. The third-order valence-corrected chi connectivity index (χ3v) is 5.20. The van der Waals surface area contributed by atoms with E-state index in [0.29, 0.717) is 29.9 Å². The summed E-state index contributed by atoms with van der Waals surface area (Å²) in [6.07, 6.45) is 3.02. The van der Waals surface area contributed by atoms with Crippen LogP contribution in [0.2, 0.25) is 0 Å². The van der Waals surface area contributed by atoms with E-state index < -0.39 is 0 Å². The molecule has 0 spiro atoms. The standard InChI is InChI=1S/C24H30N4O3/c1-2-12-25-23(30)20-6-5-7-21(15-20)26-17-22(29)27-16-18-8-10-19(11-9-18)24(31)28-13-3-4-14-28/h5-11,15,26H,2-4,12-14,16-17H2,1H3,(H,25,30)(H,27,29). The van der Waals surface area contributed by atoms with E-state index in [2.05, 4.69) is 16.0 Å². The van der Waals surface area contributed by atoms with E-state index in [1.165, 1.54) is 0 Å². The normalized spacial score (nSPS) is 13.0. The summed E-state index contributed by atoms with van der Waals surface area (Å²) in [5.41, 5.74) is 2.88. The lowest BCUT2D eigenvalue weighted by atomic mass is 10.1. The van der Waals surface area contributed by atoms with Crippen LogP contribution in [0.4, 0.5) is 5.69 Å². The minimum atomic E-state index is -0.155. The van der Waals surface area contributed by atoms with Crippen molar-refractivity contribution in [3.63, 3.8) is 0 Å². The first-order chi connectivity index (χ1) is 15.1. The Bertz CT molecular complexity index is 905. The summed E-state index contributed by atoms with van der Waals surface area (Å²) in [5.74, 6) is -0.206. The van der Waals surface area contributed by atoms with Crippen molar-refractivity contribution in [1.82, 2.24) is 15.5 Å². The minimum absolute atomic E-state index is 0.0721. The molecule has 1 aliphatic heterocycles. The highest BCUT2D eigenvalue weighted by Crippen LogP contribution is 2.14. The van der Waals surface area contributed by atoms with Crippen molar-refractivity contribution < 1.29 is 14.4 Å². The molecule has 2 aromatic rings. The molecule has 0 unspecified atom stereocenters. The number of amides is 3. The fourth-order valence-corrected chi connectivity index (χ4v) is 3.42. The number of benzene rings is 2. The number of likely N-dealkylation sites (tertiary alicyclic amines) is 1. The molecule has 3 N–H and O–H groups in total. The average Bonchev–Trinajstić information content (AvgIpc) is 3.35. The van der Waals surface area contributed by atoms with Crippen molar-refractivity contribution in [2.75, 3.05) is 31.5 Å². The van der Waals surface area contributed by atoms with Gasteiger partial charge < -0.3 is 20.9 Å². The smallest absolute Gasteiger partial charge is 0.253 e. The summed E-state index contributed by atoms with van der Waals surface area (Å²) in [7, 11) is 0. The first-order valence-corrected chi connectivity index (χ1v) is 10.8. The zero-order valence-electron chi connectivity index (χ0n) is 17.9. The largest absolute Gasteiger partial charge is 0.376 e. The summed E-state index contributed by atoms with van der Waals surface area (Å²) < 4.78 is 0. The Kier molecular flexibility index (Phi) is 8.04. The number of hydrogen-bond donors (Lipinski definition) is 3. The quantitative estimate of drug-likeness (QED) is 0.580. The maximum Gasteiger partial charge on any atom is 0.253 e. The average molecular weight is 423 g/mol. The lowest BCUT2D eigenvalue weighted by Crippen LogP contribution is -2.29. The van der Waals surface area contributed by atoms with Crippen molar-refractivity contribution in [3.05, 3.63) is 65.2 Å². The summed E-state index contributed by atoms with van der Waals surface area (Å²) in [5, 5.41) is 8.74. The second-order valence-electron chi connectivity index (χ2n) is 7.66. The highest BCUT2D eigenvalue weighted by Gasteiger charge is 2.19. The Hall–Kier alpha value is -3.35. The van der Waals surface area contributed by atoms with Crippen LogP contribution in [0.15, 0.2) is 48.5 Å². The molecule has 2 aromatic carbocycles. The molecule has 31 heavy (non-hydrogen) atoms. The molecule has 7 heteroatoms. The highest BCUT2D eigenvalue weighted by molar-refractivity contribution is 5.95. The highest BCUT2D eigenvalue weighted by atomic mass is 16.2. The molecule has 1 heterocycles. The van der Waals surface area contributed by atoms with Crippen molar-refractivity contribution in [1.29, 1.82) is 0 Å². The number of hydrogen-bond acceptors (Lipinski definition) is 4. The van der Waals surface area contributed by atoms with Crippen molar-refractivity contribution in [2.24, 2.45) is 0 Å². The van der Waals surface area contributed by atoms with Gasteiger partial charge in [-0.05, 0) is 55.2 Å². The Morgan fingerprint density at radius 1 is 0.935 bits per heavy atom. The molecule has 3 rings (SSSR count). The summed E-state index contributed by atoms with van der Waals surface area (Å²) in [6, 6.07) is 14.4. The van der Waals surface area contributed by atoms with Gasteiger partial charge in [-0.3, -0.25) is 14.4 Å². The van der Waals surface area contributed by atoms with Gasteiger partial charge in [0.05, 0.1) is 6.54 Å². The van der Waals surface area contributed by atoms with E-state index in [9.17, 15) is 14.4 Å². The molecule has 164 valence electrons. The Labute approximate surface area is 183 Å². The molecule has 0 atom stereocenters. The molecule has 7 nitrogen and oxygen atoms in total. The number of rotatable bonds is 9. The van der Waals surface area contributed by atoms with Crippen molar-refractivity contribution >= 4 is 23.4 Å². The van der Waals surface area contributed by atoms with Crippen LogP contribution in [-0.2, 0) is 11.3 Å². The van der Waals surface area contributed by atoms with Gasteiger partial charge in [0.15, 0.2) is 0 Å². The zero-order valence-corrected chi connectivity index (χ0v) is 17.9. The fourth-order valence-electron chi connectivity index (χ4n) is 3.42. The lowest BCUT2D eigenvalue weighted by Gasteiger charge is -2.15. The van der Waals surface area contributed by atoms with Gasteiger partial charge in [-0.25, -0.2) is 0 Å². The van der Waals surface area contributed by atoms with Gasteiger partial charge in [0.2, 0.25) is 5.91 Å². The number of carbonyl (C=O) groups excluding carboxylic acids is 3. The molecule has 0 aromatic heterocycles. The van der Waals surface area contributed by atoms with Gasteiger partial charge >= 0.3 is 0 Å².